The lowest BCUT2D eigenvalue weighted by Crippen LogP contribution is -2.48. The van der Waals surface area contributed by atoms with Crippen LogP contribution in [0.2, 0.25) is 0 Å². The van der Waals surface area contributed by atoms with Crippen LogP contribution in [0, 0.1) is 5.92 Å². The van der Waals surface area contributed by atoms with E-state index in [0.29, 0.717) is 18.9 Å². The van der Waals surface area contributed by atoms with Gasteiger partial charge < -0.3 is 15.4 Å². The molecule has 1 aromatic carbocycles. The smallest absolute Gasteiger partial charge is 0.225 e. The number of morpholine rings is 1. The van der Waals surface area contributed by atoms with Gasteiger partial charge in [0.05, 0.1) is 19.1 Å². The summed E-state index contributed by atoms with van der Waals surface area (Å²) in [5, 5.41) is 0. The van der Waals surface area contributed by atoms with Crippen molar-refractivity contribution in [3.63, 3.8) is 0 Å². The third-order valence-electron chi connectivity index (χ3n) is 5.43. The maximum Gasteiger partial charge on any atom is 0.225 e. The average molecular weight is 345 g/mol. The number of rotatable bonds is 5. The monoisotopic (exact) mass is 345 g/mol. The van der Waals surface area contributed by atoms with Crippen LogP contribution < -0.4 is 5.73 Å². The molecule has 2 heterocycles. The van der Waals surface area contributed by atoms with E-state index in [9.17, 15) is 4.79 Å². The van der Waals surface area contributed by atoms with Crippen LogP contribution in [-0.4, -0.2) is 60.6 Å². The van der Waals surface area contributed by atoms with Gasteiger partial charge in [-0.1, -0.05) is 30.3 Å². The van der Waals surface area contributed by atoms with Crippen molar-refractivity contribution in [3.8, 4) is 0 Å². The molecular formula is C20H31N3O2. The van der Waals surface area contributed by atoms with E-state index in [1.54, 1.807) is 0 Å². The number of amides is 1. The summed E-state index contributed by atoms with van der Waals surface area (Å²) < 4.78 is 5.87. The topological polar surface area (TPSA) is 58.8 Å². The van der Waals surface area contributed by atoms with Gasteiger partial charge in [0.15, 0.2) is 0 Å². The number of hydrogen-bond acceptors (Lipinski definition) is 4. The van der Waals surface area contributed by atoms with E-state index >= 15 is 0 Å². The summed E-state index contributed by atoms with van der Waals surface area (Å²) >= 11 is 0. The first-order chi connectivity index (χ1) is 12.1. The normalized spacial score (nSPS) is 26.4. The van der Waals surface area contributed by atoms with Crippen molar-refractivity contribution in [2.75, 3.05) is 32.8 Å². The van der Waals surface area contributed by atoms with Crippen LogP contribution >= 0.6 is 0 Å². The maximum absolute atomic E-state index is 12.7. The van der Waals surface area contributed by atoms with Gasteiger partial charge in [-0.2, -0.15) is 0 Å². The Morgan fingerprint density at radius 1 is 1.28 bits per heavy atom. The highest BCUT2D eigenvalue weighted by molar-refractivity contribution is 5.76. The van der Waals surface area contributed by atoms with E-state index in [1.165, 1.54) is 5.56 Å². The maximum atomic E-state index is 12.7. The zero-order valence-electron chi connectivity index (χ0n) is 15.3. The molecule has 2 aliphatic rings. The minimum Gasteiger partial charge on any atom is -0.375 e. The fourth-order valence-corrected chi connectivity index (χ4v) is 3.88. The zero-order chi connectivity index (χ0) is 17.6. The quantitative estimate of drug-likeness (QED) is 0.885. The van der Waals surface area contributed by atoms with Crippen LogP contribution in [-0.2, 0) is 16.1 Å². The number of nitrogens with zero attached hydrogens (tertiary/aromatic N) is 2. The SMILES string of the molecule is CC(N)C1CCCN(C(=O)CC2CN(Cc3ccccc3)CCO2)C1. The molecule has 2 saturated heterocycles. The molecule has 2 N–H and O–H groups in total. The van der Waals surface area contributed by atoms with Crippen molar-refractivity contribution < 1.29 is 9.53 Å². The Morgan fingerprint density at radius 3 is 2.84 bits per heavy atom. The Hall–Kier alpha value is -1.43. The first-order valence-corrected chi connectivity index (χ1v) is 9.53. The summed E-state index contributed by atoms with van der Waals surface area (Å²) in [6, 6.07) is 10.6. The Balaban J connectivity index is 1.49. The van der Waals surface area contributed by atoms with Crippen LogP contribution in [0.1, 0.15) is 31.7 Å². The number of benzene rings is 1. The van der Waals surface area contributed by atoms with Gasteiger partial charge in [0.2, 0.25) is 5.91 Å². The van der Waals surface area contributed by atoms with Gasteiger partial charge in [0.1, 0.15) is 0 Å². The average Bonchev–Trinajstić information content (AvgIpc) is 2.63. The molecule has 1 aromatic rings. The van der Waals surface area contributed by atoms with Crippen LogP contribution in [0.4, 0.5) is 0 Å². The molecule has 3 atom stereocenters. The van der Waals surface area contributed by atoms with Crippen LogP contribution in [0.5, 0.6) is 0 Å². The molecule has 5 nitrogen and oxygen atoms in total. The molecule has 2 aliphatic heterocycles. The van der Waals surface area contributed by atoms with E-state index in [1.807, 2.05) is 17.9 Å². The fourth-order valence-electron chi connectivity index (χ4n) is 3.88. The number of piperidine rings is 1. The molecule has 0 saturated carbocycles. The van der Waals surface area contributed by atoms with Gasteiger partial charge in [-0.05, 0) is 31.2 Å². The van der Waals surface area contributed by atoms with Gasteiger partial charge in [0.25, 0.3) is 0 Å². The van der Waals surface area contributed by atoms with E-state index in [-0.39, 0.29) is 18.1 Å². The predicted molar refractivity (Wildman–Crippen MR) is 99.0 cm³/mol. The van der Waals surface area contributed by atoms with E-state index in [2.05, 4.69) is 29.2 Å². The Morgan fingerprint density at radius 2 is 2.08 bits per heavy atom. The van der Waals surface area contributed by atoms with Gasteiger partial charge in [-0.25, -0.2) is 0 Å². The second kappa shape index (κ2) is 8.79. The lowest BCUT2D eigenvalue weighted by atomic mass is 9.92. The number of nitrogens with two attached hydrogens (primary N) is 1. The highest BCUT2D eigenvalue weighted by Gasteiger charge is 2.29. The Kier molecular flexibility index (Phi) is 6.45. The molecule has 138 valence electrons. The molecular weight excluding hydrogens is 314 g/mol. The van der Waals surface area contributed by atoms with Gasteiger partial charge in [-0.15, -0.1) is 0 Å². The van der Waals surface area contributed by atoms with E-state index in [4.69, 9.17) is 10.5 Å². The second-order valence-corrected chi connectivity index (χ2v) is 7.52. The lowest BCUT2D eigenvalue weighted by molar-refractivity contribution is -0.138. The molecule has 0 aliphatic carbocycles. The number of hydrogen-bond donors (Lipinski definition) is 1. The summed E-state index contributed by atoms with van der Waals surface area (Å²) in [4.78, 5) is 17.1. The molecule has 5 heteroatoms. The minimum absolute atomic E-state index is 0.000591. The molecule has 0 aromatic heterocycles. The standard InChI is InChI=1S/C20H31N3O2/c1-16(21)18-8-5-9-23(14-18)20(24)12-19-15-22(10-11-25-19)13-17-6-3-2-4-7-17/h2-4,6-7,16,18-19H,5,8-15,21H2,1H3. The highest BCUT2D eigenvalue weighted by Crippen LogP contribution is 2.21. The molecule has 2 fully saturated rings. The Bertz CT molecular complexity index is 549. The summed E-state index contributed by atoms with van der Waals surface area (Å²) in [5.74, 6) is 0.650. The van der Waals surface area contributed by atoms with E-state index < -0.39 is 0 Å². The summed E-state index contributed by atoms with van der Waals surface area (Å²) in [5.41, 5.74) is 7.35. The van der Waals surface area contributed by atoms with E-state index in [0.717, 1.165) is 45.6 Å². The summed E-state index contributed by atoms with van der Waals surface area (Å²) in [7, 11) is 0. The molecule has 25 heavy (non-hydrogen) atoms. The van der Waals surface area contributed by atoms with Crippen molar-refractivity contribution >= 4 is 5.91 Å². The number of likely N-dealkylation sites (tertiary alicyclic amines) is 1. The Labute approximate surface area is 151 Å². The van der Waals surface area contributed by atoms with Gasteiger partial charge in [0, 0.05) is 38.8 Å². The number of carbonyl (C=O) groups excluding carboxylic acids is 1. The summed E-state index contributed by atoms with van der Waals surface area (Å²) in [6.45, 7) is 7.09. The summed E-state index contributed by atoms with van der Waals surface area (Å²) in [6.07, 6.45) is 2.67. The van der Waals surface area contributed by atoms with Crippen LogP contribution in [0.3, 0.4) is 0 Å². The molecule has 0 bridgehead atoms. The third-order valence-corrected chi connectivity index (χ3v) is 5.43. The molecule has 3 rings (SSSR count). The zero-order valence-corrected chi connectivity index (χ0v) is 15.3. The molecule has 0 spiro atoms. The number of ether oxygens (including phenoxy) is 1. The first-order valence-electron chi connectivity index (χ1n) is 9.53. The van der Waals surface area contributed by atoms with Gasteiger partial charge in [-0.3, -0.25) is 9.69 Å². The first kappa shape index (κ1) is 18.4. The van der Waals surface area contributed by atoms with Crippen LogP contribution in [0.15, 0.2) is 30.3 Å². The highest BCUT2D eigenvalue weighted by atomic mass is 16.5. The largest absolute Gasteiger partial charge is 0.375 e. The molecule has 3 unspecified atom stereocenters. The van der Waals surface area contributed by atoms with Gasteiger partial charge >= 0.3 is 0 Å². The van der Waals surface area contributed by atoms with Crippen molar-refractivity contribution in [1.82, 2.24) is 9.80 Å². The minimum atomic E-state index is 0.000591. The molecule has 0 radical (unpaired) electrons. The van der Waals surface area contributed by atoms with Crippen molar-refractivity contribution in [2.45, 2.75) is 44.9 Å². The second-order valence-electron chi connectivity index (χ2n) is 7.52. The fraction of sp³-hybridized carbons (Fsp3) is 0.650. The van der Waals surface area contributed by atoms with Crippen molar-refractivity contribution in [3.05, 3.63) is 35.9 Å². The lowest BCUT2D eigenvalue weighted by Gasteiger charge is -2.37. The third kappa shape index (κ3) is 5.27. The molecule has 1 amide bonds. The van der Waals surface area contributed by atoms with Crippen molar-refractivity contribution in [2.24, 2.45) is 11.7 Å². The van der Waals surface area contributed by atoms with Crippen molar-refractivity contribution in [1.29, 1.82) is 0 Å². The predicted octanol–water partition coefficient (Wildman–Crippen LogP) is 1.86. The number of carbonyl (C=O) groups is 1. The van der Waals surface area contributed by atoms with Crippen LogP contribution in [0.25, 0.3) is 0 Å².